The molecular formula is C5H6N2O. The number of rotatable bonds is 2. The van der Waals surface area contributed by atoms with E-state index in [9.17, 15) is 0 Å². The summed E-state index contributed by atoms with van der Waals surface area (Å²) in [6.07, 6.45) is 2.62. The second-order valence-corrected chi connectivity index (χ2v) is 1.27. The Bertz CT molecular complexity index is 157. The van der Waals surface area contributed by atoms with Gasteiger partial charge in [-0.3, -0.25) is 5.41 Å². The molecule has 0 fully saturated rings. The molecule has 8 heavy (non-hydrogen) atoms. The number of aromatic nitrogens is 1. The standard InChI is InChI=1S/C5H6N2O/c6-4-8-5-2-1-3-7-5/h1-4,6-7H. The molecule has 0 saturated carbocycles. The summed E-state index contributed by atoms with van der Waals surface area (Å²) in [5, 5.41) is 6.51. The average Bonchev–Trinajstić information content (AvgIpc) is 2.19. The topological polar surface area (TPSA) is 48.9 Å². The van der Waals surface area contributed by atoms with Crippen LogP contribution in [-0.4, -0.2) is 11.4 Å². The molecule has 0 radical (unpaired) electrons. The maximum Gasteiger partial charge on any atom is 0.198 e. The van der Waals surface area contributed by atoms with Gasteiger partial charge in [0, 0.05) is 12.3 Å². The Hall–Kier alpha value is -1.25. The van der Waals surface area contributed by atoms with Crippen molar-refractivity contribution >= 4 is 6.40 Å². The summed E-state index contributed by atoms with van der Waals surface area (Å²) >= 11 is 0. The highest BCUT2D eigenvalue weighted by Crippen LogP contribution is 2.01. The van der Waals surface area contributed by atoms with Crippen molar-refractivity contribution in [3.63, 3.8) is 0 Å². The maximum absolute atomic E-state index is 6.51. The molecule has 1 rings (SSSR count). The van der Waals surface area contributed by atoms with E-state index in [2.05, 4.69) is 9.72 Å². The Morgan fingerprint density at radius 2 is 2.62 bits per heavy atom. The molecule has 42 valence electrons. The van der Waals surface area contributed by atoms with Crippen LogP contribution in [0.25, 0.3) is 0 Å². The van der Waals surface area contributed by atoms with E-state index in [1.807, 2.05) is 0 Å². The van der Waals surface area contributed by atoms with E-state index in [1.54, 1.807) is 18.3 Å². The number of aromatic amines is 1. The Morgan fingerprint density at radius 1 is 1.75 bits per heavy atom. The first-order chi connectivity index (χ1) is 3.93. The van der Waals surface area contributed by atoms with Crippen LogP contribution < -0.4 is 4.74 Å². The summed E-state index contributed by atoms with van der Waals surface area (Å²) in [6.45, 7) is 0. The number of hydrogen-bond donors (Lipinski definition) is 2. The molecule has 0 aliphatic rings. The fraction of sp³-hybridized carbons (Fsp3) is 0. The lowest BCUT2D eigenvalue weighted by atomic mass is 10.7. The van der Waals surface area contributed by atoms with E-state index in [-0.39, 0.29) is 0 Å². The quantitative estimate of drug-likeness (QED) is 0.433. The highest BCUT2D eigenvalue weighted by molar-refractivity contribution is 5.46. The Kier molecular flexibility index (Phi) is 1.32. The van der Waals surface area contributed by atoms with E-state index in [4.69, 9.17) is 5.41 Å². The third-order valence-corrected chi connectivity index (χ3v) is 0.755. The van der Waals surface area contributed by atoms with Gasteiger partial charge in [0.2, 0.25) is 0 Å². The van der Waals surface area contributed by atoms with Crippen molar-refractivity contribution in [2.75, 3.05) is 0 Å². The summed E-state index contributed by atoms with van der Waals surface area (Å²) in [7, 11) is 0. The molecule has 3 nitrogen and oxygen atoms in total. The minimum Gasteiger partial charge on any atom is -0.430 e. The van der Waals surface area contributed by atoms with Gasteiger partial charge in [-0.25, -0.2) is 0 Å². The largest absolute Gasteiger partial charge is 0.430 e. The molecule has 1 aromatic heterocycles. The predicted octanol–water partition coefficient (Wildman–Crippen LogP) is 1.00. The Labute approximate surface area is 46.8 Å². The first-order valence-electron chi connectivity index (χ1n) is 2.22. The summed E-state index contributed by atoms with van der Waals surface area (Å²) in [5.41, 5.74) is 0. The van der Waals surface area contributed by atoms with Gasteiger partial charge in [0.1, 0.15) is 0 Å². The Balaban J connectivity index is 2.62. The minimum atomic E-state index is 0.597. The first kappa shape index (κ1) is 4.90. The van der Waals surface area contributed by atoms with E-state index in [0.29, 0.717) is 5.88 Å². The van der Waals surface area contributed by atoms with Gasteiger partial charge in [-0.1, -0.05) is 0 Å². The zero-order valence-corrected chi connectivity index (χ0v) is 4.22. The van der Waals surface area contributed by atoms with Gasteiger partial charge in [-0.15, -0.1) is 0 Å². The van der Waals surface area contributed by atoms with Crippen molar-refractivity contribution in [2.45, 2.75) is 0 Å². The van der Waals surface area contributed by atoms with Gasteiger partial charge >= 0.3 is 0 Å². The molecule has 0 aliphatic carbocycles. The molecule has 1 aromatic rings. The third-order valence-electron chi connectivity index (χ3n) is 0.755. The second-order valence-electron chi connectivity index (χ2n) is 1.27. The summed E-state index contributed by atoms with van der Waals surface area (Å²) < 4.78 is 4.63. The van der Waals surface area contributed by atoms with Crippen LogP contribution in [0.3, 0.4) is 0 Å². The zero-order valence-electron chi connectivity index (χ0n) is 4.22. The average molecular weight is 110 g/mol. The highest BCUT2D eigenvalue weighted by Gasteiger charge is 1.84. The van der Waals surface area contributed by atoms with Gasteiger partial charge in [0.05, 0.1) is 0 Å². The normalized spacial score (nSPS) is 8.50. The smallest absolute Gasteiger partial charge is 0.198 e. The lowest BCUT2D eigenvalue weighted by molar-refractivity contribution is 0.549. The van der Waals surface area contributed by atoms with Crippen LogP contribution in [0.15, 0.2) is 18.3 Å². The lowest BCUT2D eigenvalue weighted by Gasteiger charge is -1.88. The van der Waals surface area contributed by atoms with Crippen molar-refractivity contribution < 1.29 is 4.74 Å². The summed E-state index contributed by atoms with van der Waals surface area (Å²) in [6, 6.07) is 3.55. The van der Waals surface area contributed by atoms with Crippen molar-refractivity contribution in [3.8, 4) is 5.88 Å². The second kappa shape index (κ2) is 2.16. The van der Waals surface area contributed by atoms with Crippen LogP contribution in [0.2, 0.25) is 0 Å². The lowest BCUT2D eigenvalue weighted by Crippen LogP contribution is -1.85. The van der Waals surface area contributed by atoms with Crippen LogP contribution in [0.1, 0.15) is 0 Å². The molecule has 0 amide bonds. The molecule has 0 aromatic carbocycles. The van der Waals surface area contributed by atoms with Crippen molar-refractivity contribution in [3.05, 3.63) is 18.3 Å². The molecule has 0 bridgehead atoms. The van der Waals surface area contributed by atoms with Crippen LogP contribution in [0.4, 0.5) is 0 Å². The van der Waals surface area contributed by atoms with E-state index in [1.165, 1.54) is 0 Å². The number of H-pyrrole nitrogens is 1. The fourth-order valence-electron chi connectivity index (χ4n) is 0.451. The van der Waals surface area contributed by atoms with E-state index >= 15 is 0 Å². The van der Waals surface area contributed by atoms with Crippen LogP contribution >= 0.6 is 0 Å². The van der Waals surface area contributed by atoms with E-state index in [0.717, 1.165) is 6.40 Å². The molecule has 3 heteroatoms. The number of nitrogens with one attached hydrogen (secondary N) is 2. The van der Waals surface area contributed by atoms with Gasteiger partial charge < -0.3 is 9.72 Å². The summed E-state index contributed by atoms with van der Waals surface area (Å²) in [5.74, 6) is 0.597. The monoisotopic (exact) mass is 110 g/mol. The molecular weight excluding hydrogens is 104 g/mol. The SMILES string of the molecule is N=COc1ccc[nH]1. The first-order valence-corrected chi connectivity index (χ1v) is 2.22. The third kappa shape index (κ3) is 0.872. The number of ether oxygens (including phenoxy) is 1. The molecule has 0 spiro atoms. The number of hydrogen-bond acceptors (Lipinski definition) is 2. The zero-order chi connectivity index (χ0) is 5.82. The highest BCUT2D eigenvalue weighted by atomic mass is 16.5. The molecule has 1 heterocycles. The maximum atomic E-state index is 6.51. The minimum absolute atomic E-state index is 0.597. The van der Waals surface area contributed by atoms with Gasteiger partial charge in [-0.05, 0) is 6.07 Å². The molecule has 2 N–H and O–H groups in total. The van der Waals surface area contributed by atoms with Gasteiger partial charge in [0.15, 0.2) is 12.3 Å². The fourth-order valence-corrected chi connectivity index (χ4v) is 0.451. The molecule has 0 aliphatic heterocycles. The molecule has 0 saturated heterocycles. The molecule has 0 unspecified atom stereocenters. The van der Waals surface area contributed by atoms with Crippen LogP contribution in [-0.2, 0) is 0 Å². The molecule has 0 atom stereocenters. The van der Waals surface area contributed by atoms with Crippen LogP contribution in [0, 0.1) is 5.41 Å². The van der Waals surface area contributed by atoms with Gasteiger partial charge in [0.25, 0.3) is 0 Å². The van der Waals surface area contributed by atoms with Crippen molar-refractivity contribution in [1.82, 2.24) is 4.98 Å². The predicted molar refractivity (Wildman–Crippen MR) is 30.2 cm³/mol. The van der Waals surface area contributed by atoms with Crippen molar-refractivity contribution in [1.29, 1.82) is 5.41 Å². The van der Waals surface area contributed by atoms with Crippen molar-refractivity contribution in [2.24, 2.45) is 0 Å². The Morgan fingerprint density at radius 3 is 3.12 bits per heavy atom. The van der Waals surface area contributed by atoms with E-state index < -0.39 is 0 Å². The summed E-state index contributed by atoms with van der Waals surface area (Å²) in [4.78, 5) is 2.76. The van der Waals surface area contributed by atoms with Crippen LogP contribution in [0.5, 0.6) is 5.88 Å². The van der Waals surface area contributed by atoms with Gasteiger partial charge in [-0.2, -0.15) is 0 Å².